The van der Waals surface area contributed by atoms with Gasteiger partial charge in [0, 0.05) is 12.6 Å². The number of para-hydroxylation sites is 1. The lowest BCUT2D eigenvalue weighted by molar-refractivity contribution is -0.123. The predicted octanol–water partition coefficient (Wildman–Crippen LogP) is 3.18. The quantitative estimate of drug-likeness (QED) is 0.857. The molecule has 0 saturated heterocycles. The van der Waals surface area contributed by atoms with E-state index in [1.807, 2.05) is 54.6 Å². The van der Waals surface area contributed by atoms with Gasteiger partial charge in [0.2, 0.25) is 0 Å². The summed E-state index contributed by atoms with van der Waals surface area (Å²) in [4.78, 5) is 12.0. The molecule has 2 aromatic rings. The maximum Gasteiger partial charge on any atom is 0.258 e. The highest BCUT2D eigenvalue weighted by Gasteiger charge is 2.19. The normalized spacial score (nSPS) is 12.5. The molecule has 0 fully saturated rings. The minimum Gasteiger partial charge on any atom is -0.483 e. The molecule has 0 bridgehead atoms. The summed E-state index contributed by atoms with van der Waals surface area (Å²) in [6.45, 7) is 6.72. The summed E-state index contributed by atoms with van der Waals surface area (Å²) in [5.74, 6) is 0.567. The number of carbonyl (C=O) groups excluding carboxylic acids is 1. The largest absolute Gasteiger partial charge is 0.483 e. The van der Waals surface area contributed by atoms with Crippen LogP contribution in [0.4, 0.5) is 0 Å². The Labute approximate surface area is 144 Å². The lowest BCUT2D eigenvalue weighted by Crippen LogP contribution is -2.35. The van der Waals surface area contributed by atoms with Gasteiger partial charge in [-0.2, -0.15) is 0 Å². The van der Waals surface area contributed by atoms with Crippen LogP contribution in [-0.4, -0.2) is 19.1 Å². The van der Waals surface area contributed by atoms with Crippen LogP contribution in [-0.2, 0) is 10.2 Å². The second-order valence-electron chi connectivity index (χ2n) is 6.86. The van der Waals surface area contributed by atoms with E-state index in [1.165, 1.54) is 0 Å². The van der Waals surface area contributed by atoms with E-state index in [0.717, 1.165) is 16.9 Å². The Hall–Kier alpha value is -2.33. The highest BCUT2D eigenvalue weighted by molar-refractivity contribution is 5.77. The lowest BCUT2D eigenvalue weighted by Gasteiger charge is -2.22. The number of nitrogens with one attached hydrogen (secondary N) is 1. The third kappa shape index (κ3) is 5.10. The van der Waals surface area contributed by atoms with E-state index >= 15 is 0 Å². The zero-order valence-corrected chi connectivity index (χ0v) is 14.6. The number of amides is 1. The van der Waals surface area contributed by atoms with E-state index < -0.39 is 0 Å². The molecule has 0 aliphatic heterocycles. The van der Waals surface area contributed by atoms with Crippen molar-refractivity contribution in [3.05, 3.63) is 65.7 Å². The van der Waals surface area contributed by atoms with Crippen LogP contribution >= 0.6 is 0 Å². The lowest BCUT2D eigenvalue weighted by atomic mass is 9.86. The van der Waals surface area contributed by atoms with E-state index in [9.17, 15) is 4.79 Å². The predicted molar refractivity (Wildman–Crippen MR) is 97.0 cm³/mol. The minimum atomic E-state index is -0.225. The summed E-state index contributed by atoms with van der Waals surface area (Å²) < 4.78 is 5.71. The Bertz CT molecular complexity index is 663. The molecule has 3 N–H and O–H groups in total. The molecule has 4 heteroatoms. The van der Waals surface area contributed by atoms with Crippen LogP contribution in [0.3, 0.4) is 0 Å². The van der Waals surface area contributed by atoms with Gasteiger partial charge < -0.3 is 15.8 Å². The highest BCUT2D eigenvalue weighted by atomic mass is 16.5. The summed E-state index contributed by atoms with van der Waals surface area (Å²) in [5.41, 5.74) is 8.12. The molecule has 4 nitrogen and oxygen atoms in total. The summed E-state index contributed by atoms with van der Waals surface area (Å²) >= 11 is 0. The molecular weight excluding hydrogens is 300 g/mol. The van der Waals surface area contributed by atoms with Crippen LogP contribution in [0.5, 0.6) is 5.75 Å². The van der Waals surface area contributed by atoms with Crippen molar-refractivity contribution in [1.29, 1.82) is 0 Å². The topological polar surface area (TPSA) is 64.3 Å². The average molecular weight is 326 g/mol. The van der Waals surface area contributed by atoms with Crippen LogP contribution in [0.1, 0.15) is 37.9 Å². The maximum absolute atomic E-state index is 12.0. The van der Waals surface area contributed by atoms with Crippen molar-refractivity contribution in [2.45, 2.75) is 32.2 Å². The Morgan fingerprint density at radius 3 is 2.38 bits per heavy atom. The second kappa shape index (κ2) is 7.97. The van der Waals surface area contributed by atoms with E-state index in [-0.39, 0.29) is 24.0 Å². The van der Waals surface area contributed by atoms with Gasteiger partial charge in [0.15, 0.2) is 6.61 Å². The molecule has 0 aliphatic carbocycles. The van der Waals surface area contributed by atoms with Crippen molar-refractivity contribution in [2.24, 2.45) is 5.73 Å². The van der Waals surface area contributed by atoms with Crippen molar-refractivity contribution in [3.63, 3.8) is 0 Å². The average Bonchev–Trinajstić information content (AvgIpc) is 2.58. The molecule has 1 amide bonds. The Morgan fingerprint density at radius 1 is 1.08 bits per heavy atom. The summed E-state index contributed by atoms with van der Waals surface area (Å²) in [6.07, 6.45) is 0. The monoisotopic (exact) mass is 326 g/mol. The molecule has 0 aliphatic rings. The van der Waals surface area contributed by atoms with Gasteiger partial charge in [-0.15, -0.1) is 0 Å². The number of nitrogens with two attached hydrogens (primary N) is 1. The first-order valence-corrected chi connectivity index (χ1v) is 8.17. The molecule has 2 aromatic carbocycles. The maximum atomic E-state index is 12.0. The fraction of sp³-hybridized carbons (Fsp3) is 0.350. The van der Waals surface area contributed by atoms with E-state index in [2.05, 4.69) is 26.1 Å². The van der Waals surface area contributed by atoms with Crippen molar-refractivity contribution >= 4 is 5.91 Å². The van der Waals surface area contributed by atoms with Crippen molar-refractivity contribution < 1.29 is 9.53 Å². The summed E-state index contributed by atoms with van der Waals surface area (Å²) in [7, 11) is 0. The smallest absolute Gasteiger partial charge is 0.258 e. The zero-order chi connectivity index (χ0) is 17.6. The zero-order valence-electron chi connectivity index (χ0n) is 14.6. The Kier molecular flexibility index (Phi) is 5.99. The Morgan fingerprint density at radius 2 is 1.71 bits per heavy atom. The van der Waals surface area contributed by atoms with Gasteiger partial charge in [-0.05, 0) is 22.6 Å². The first kappa shape index (κ1) is 18.0. The highest BCUT2D eigenvalue weighted by Crippen LogP contribution is 2.30. The van der Waals surface area contributed by atoms with Gasteiger partial charge in [0.1, 0.15) is 5.75 Å². The minimum absolute atomic E-state index is 0.0192. The molecule has 0 aromatic heterocycles. The van der Waals surface area contributed by atoms with Gasteiger partial charge >= 0.3 is 0 Å². The first-order chi connectivity index (χ1) is 11.4. The standard InChI is InChI=1S/C20H26N2O2/c1-20(2,3)16-11-7-8-12-18(16)24-14-19(23)22-13-17(21)15-9-5-4-6-10-15/h4-12,17H,13-14,21H2,1-3H3,(H,22,23). The Balaban J connectivity index is 1.86. The van der Waals surface area contributed by atoms with E-state index in [1.54, 1.807) is 0 Å². The third-order valence-corrected chi connectivity index (χ3v) is 3.80. The van der Waals surface area contributed by atoms with Gasteiger partial charge in [-0.3, -0.25) is 4.79 Å². The second-order valence-corrected chi connectivity index (χ2v) is 6.86. The molecule has 0 saturated carbocycles. The van der Waals surface area contributed by atoms with E-state index in [4.69, 9.17) is 10.5 Å². The first-order valence-electron chi connectivity index (χ1n) is 8.17. The fourth-order valence-electron chi connectivity index (χ4n) is 2.45. The number of ether oxygens (including phenoxy) is 1. The summed E-state index contributed by atoms with van der Waals surface area (Å²) in [6, 6.07) is 17.3. The van der Waals surface area contributed by atoms with Crippen LogP contribution < -0.4 is 15.8 Å². The molecule has 0 heterocycles. The van der Waals surface area contributed by atoms with Gasteiger partial charge in [0.25, 0.3) is 5.91 Å². The van der Waals surface area contributed by atoms with E-state index in [0.29, 0.717) is 6.54 Å². The SMILES string of the molecule is CC(C)(C)c1ccccc1OCC(=O)NCC(N)c1ccccc1. The molecule has 2 rings (SSSR count). The molecule has 1 unspecified atom stereocenters. The van der Waals surface area contributed by atoms with Gasteiger partial charge in [0.05, 0.1) is 0 Å². The van der Waals surface area contributed by atoms with Crippen LogP contribution in [0.25, 0.3) is 0 Å². The number of hydrogen-bond donors (Lipinski definition) is 2. The van der Waals surface area contributed by atoms with Crippen molar-refractivity contribution in [3.8, 4) is 5.75 Å². The van der Waals surface area contributed by atoms with Gasteiger partial charge in [-0.25, -0.2) is 0 Å². The number of benzene rings is 2. The van der Waals surface area contributed by atoms with Gasteiger partial charge in [-0.1, -0.05) is 69.3 Å². The van der Waals surface area contributed by atoms with Crippen LogP contribution in [0.2, 0.25) is 0 Å². The third-order valence-electron chi connectivity index (χ3n) is 3.80. The number of rotatable bonds is 6. The molecule has 24 heavy (non-hydrogen) atoms. The van der Waals surface area contributed by atoms with Crippen molar-refractivity contribution in [2.75, 3.05) is 13.2 Å². The fourth-order valence-corrected chi connectivity index (χ4v) is 2.45. The summed E-state index contributed by atoms with van der Waals surface area (Å²) in [5, 5.41) is 2.82. The molecule has 0 radical (unpaired) electrons. The molecule has 1 atom stereocenters. The van der Waals surface area contributed by atoms with Crippen LogP contribution in [0, 0.1) is 0 Å². The van der Waals surface area contributed by atoms with Crippen molar-refractivity contribution in [1.82, 2.24) is 5.32 Å². The van der Waals surface area contributed by atoms with Crippen LogP contribution in [0.15, 0.2) is 54.6 Å². The molecule has 0 spiro atoms. The number of carbonyl (C=O) groups is 1. The molecule has 128 valence electrons. The molecular formula is C20H26N2O2. The number of hydrogen-bond acceptors (Lipinski definition) is 3.